The minimum absolute atomic E-state index is 0.180. The molecule has 0 aliphatic carbocycles. The largest absolute Gasteiger partial charge is 0.366 e. The van der Waals surface area contributed by atoms with Gasteiger partial charge in [0.25, 0.3) is 5.56 Å². The van der Waals surface area contributed by atoms with Crippen molar-refractivity contribution in [3.63, 3.8) is 0 Å². The summed E-state index contributed by atoms with van der Waals surface area (Å²) < 4.78 is 0. The number of aromatic amines is 1. The van der Waals surface area contributed by atoms with Crippen molar-refractivity contribution in [2.75, 3.05) is 50.7 Å². The minimum Gasteiger partial charge on any atom is -0.366 e. The maximum absolute atomic E-state index is 12.5. The van der Waals surface area contributed by atoms with E-state index >= 15 is 0 Å². The van der Waals surface area contributed by atoms with E-state index in [4.69, 9.17) is 11.6 Å². The zero-order chi connectivity index (χ0) is 16.9. The smallest absolute Gasteiger partial charge is 0.285 e. The number of amides is 1. The zero-order valence-electron chi connectivity index (χ0n) is 13.8. The zero-order valence-corrected chi connectivity index (χ0v) is 14.6. The fraction of sp³-hybridized carbons (Fsp3) is 0.688. The summed E-state index contributed by atoms with van der Waals surface area (Å²) in [4.78, 5) is 30.3. The van der Waals surface area contributed by atoms with Crippen LogP contribution < -0.4 is 10.5 Å². The molecule has 7 nitrogen and oxygen atoms in total. The van der Waals surface area contributed by atoms with Gasteiger partial charge in [-0.2, -0.15) is 5.10 Å². The molecular formula is C16H24ClN5O2. The van der Waals surface area contributed by atoms with E-state index in [9.17, 15) is 9.59 Å². The molecule has 0 saturated carbocycles. The SMILES string of the molecule is O=C(CN1CCN(c2cn[nH]c(=O)c2Cl)CC1)N1CCCCCC1. The Balaban J connectivity index is 1.52. The predicted octanol–water partition coefficient (Wildman–Crippen LogP) is 0.948. The first-order valence-corrected chi connectivity index (χ1v) is 9.01. The van der Waals surface area contributed by atoms with Crippen LogP contribution in [0.25, 0.3) is 0 Å². The van der Waals surface area contributed by atoms with Gasteiger partial charge in [0.1, 0.15) is 5.02 Å². The minimum atomic E-state index is -0.368. The average molecular weight is 354 g/mol. The summed E-state index contributed by atoms with van der Waals surface area (Å²) in [6, 6.07) is 0. The van der Waals surface area contributed by atoms with Crippen molar-refractivity contribution in [2.45, 2.75) is 25.7 Å². The standard InChI is InChI=1S/C16H24ClN5O2/c17-15-13(11-18-19-16(15)24)21-9-7-20(8-10-21)12-14(23)22-5-3-1-2-4-6-22/h11H,1-10,12H2,(H,19,24). The van der Waals surface area contributed by atoms with Crippen molar-refractivity contribution in [3.8, 4) is 0 Å². The number of nitrogens with one attached hydrogen (secondary N) is 1. The van der Waals surface area contributed by atoms with Crippen LogP contribution in [0.4, 0.5) is 5.69 Å². The summed E-state index contributed by atoms with van der Waals surface area (Å²) in [5, 5.41) is 6.33. The molecule has 132 valence electrons. The number of hydrogen-bond donors (Lipinski definition) is 1. The summed E-state index contributed by atoms with van der Waals surface area (Å²) >= 11 is 6.06. The Hall–Kier alpha value is -1.60. The van der Waals surface area contributed by atoms with Crippen LogP contribution in [0.1, 0.15) is 25.7 Å². The molecule has 3 rings (SSSR count). The van der Waals surface area contributed by atoms with Crippen LogP contribution in [-0.2, 0) is 4.79 Å². The highest BCUT2D eigenvalue weighted by molar-refractivity contribution is 6.33. The van der Waals surface area contributed by atoms with Crippen molar-refractivity contribution in [3.05, 3.63) is 21.6 Å². The third-order valence-corrected chi connectivity index (χ3v) is 5.17. The Kier molecular flexibility index (Phi) is 5.73. The summed E-state index contributed by atoms with van der Waals surface area (Å²) in [5.74, 6) is 0.237. The number of halogens is 1. The van der Waals surface area contributed by atoms with Gasteiger partial charge in [-0.25, -0.2) is 5.10 Å². The highest BCUT2D eigenvalue weighted by Gasteiger charge is 2.24. The molecule has 24 heavy (non-hydrogen) atoms. The molecule has 8 heteroatoms. The van der Waals surface area contributed by atoms with Gasteiger partial charge in [0, 0.05) is 39.3 Å². The van der Waals surface area contributed by atoms with Gasteiger partial charge < -0.3 is 9.80 Å². The second kappa shape index (κ2) is 7.98. The van der Waals surface area contributed by atoms with E-state index < -0.39 is 0 Å². The van der Waals surface area contributed by atoms with Crippen LogP contribution in [0, 0.1) is 0 Å². The second-order valence-electron chi connectivity index (χ2n) is 6.46. The molecule has 0 spiro atoms. The summed E-state index contributed by atoms with van der Waals surface area (Å²) in [5.41, 5.74) is 0.298. The third-order valence-electron chi connectivity index (χ3n) is 4.81. The molecule has 0 radical (unpaired) electrons. The number of piperazine rings is 1. The number of hydrogen-bond acceptors (Lipinski definition) is 5. The van der Waals surface area contributed by atoms with Gasteiger partial charge in [-0.15, -0.1) is 0 Å². The van der Waals surface area contributed by atoms with E-state index in [2.05, 4.69) is 20.0 Å². The lowest BCUT2D eigenvalue weighted by Gasteiger charge is -2.36. The van der Waals surface area contributed by atoms with Gasteiger partial charge in [-0.05, 0) is 12.8 Å². The number of carbonyl (C=O) groups excluding carboxylic acids is 1. The van der Waals surface area contributed by atoms with Crippen LogP contribution in [0.2, 0.25) is 5.02 Å². The lowest BCUT2D eigenvalue weighted by molar-refractivity contribution is -0.132. The summed E-state index contributed by atoms with van der Waals surface area (Å²) in [7, 11) is 0. The fourth-order valence-corrected chi connectivity index (χ4v) is 3.56. The molecule has 2 fully saturated rings. The molecule has 2 aliphatic rings. The number of carbonyl (C=O) groups is 1. The third kappa shape index (κ3) is 4.08. The number of H-pyrrole nitrogens is 1. The van der Waals surface area contributed by atoms with Gasteiger partial charge in [-0.1, -0.05) is 24.4 Å². The van der Waals surface area contributed by atoms with Crippen LogP contribution in [0.3, 0.4) is 0 Å². The maximum Gasteiger partial charge on any atom is 0.285 e. The maximum atomic E-state index is 12.5. The van der Waals surface area contributed by atoms with E-state index in [1.807, 2.05) is 4.90 Å². The van der Waals surface area contributed by atoms with E-state index in [-0.39, 0.29) is 16.5 Å². The molecule has 0 bridgehead atoms. The molecule has 0 unspecified atom stereocenters. The van der Waals surface area contributed by atoms with Crippen LogP contribution in [-0.4, -0.2) is 71.7 Å². The number of nitrogens with zero attached hydrogens (tertiary/aromatic N) is 4. The first-order valence-electron chi connectivity index (χ1n) is 8.63. The number of likely N-dealkylation sites (tertiary alicyclic amines) is 1. The lowest BCUT2D eigenvalue weighted by Crippen LogP contribution is -2.50. The van der Waals surface area contributed by atoms with Crippen LogP contribution in [0.5, 0.6) is 0 Å². The van der Waals surface area contributed by atoms with Crippen molar-refractivity contribution in [1.29, 1.82) is 0 Å². The van der Waals surface area contributed by atoms with Crippen LogP contribution >= 0.6 is 11.6 Å². The Morgan fingerprint density at radius 2 is 1.75 bits per heavy atom. The molecule has 1 aromatic rings. The summed E-state index contributed by atoms with van der Waals surface area (Å²) in [6.07, 6.45) is 6.28. The number of anilines is 1. The quantitative estimate of drug-likeness (QED) is 0.875. The Morgan fingerprint density at radius 1 is 1.08 bits per heavy atom. The highest BCUT2D eigenvalue weighted by Crippen LogP contribution is 2.21. The molecule has 2 aliphatic heterocycles. The van der Waals surface area contributed by atoms with Crippen molar-refractivity contribution >= 4 is 23.2 Å². The summed E-state index contributed by atoms with van der Waals surface area (Å²) in [6.45, 7) is 5.30. The molecule has 2 saturated heterocycles. The normalized spacial score (nSPS) is 20.0. The Labute approximate surface area is 146 Å². The molecule has 1 aromatic heterocycles. The first-order chi connectivity index (χ1) is 11.6. The van der Waals surface area contributed by atoms with E-state index in [0.29, 0.717) is 12.2 Å². The molecule has 1 amide bonds. The Morgan fingerprint density at radius 3 is 2.42 bits per heavy atom. The average Bonchev–Trinajstić information content (AvgIpc) is 2.88. The van der Waals surface area contributed by atoms with Crippen molar-refractivity contribution < 1.29 is 4.79 Å². The van der Waals surface area contributed by atoms with Gasteiger partial charge in [0.15, 0.2) is 0 Å². The highest BCUT2D eigenvalue weighted by atomic mass is 35.5. The number of rotatable bonds is 3. The van der Waals surface area contributed by atoms with Crippen molar-refractivity contribution in [2.24, 2.45) is 0 Å². The van der Waals surface area contributed by atoms with Gasteiger partial charge in [0.2, 0.25) is 5.91 Å². The van der Waals surface area contributed by atoms with Crippen LogP contribution in [0.15, 0.2) is 11.0 Å². The first kappa shape index (κ1) is 17.2. The predicted molar refractivity (Wildman–Crippen MR) is 93.6 cm³/mol. The molecule has 0 atom stereocenters. The van der Waals surface area contributed by atoms with E-state index in [0.717, 1.165) is 52.1 Å². The molecular weight excluding hydrogens is 330 g/mol. The topological polar surface area (TPSA) is 72.5 Å². The Bertz CT molecular complexity index is 619. The molecule has 1 N–H and O–H groups in total. The monoisotopic (exact) mass is 353 g/mol. The lowest BCUT2D eigenvalue weighted by atomic mass is 10.2. The van der Waals surface area contributed by atoms with Gasteiger partial charge in [0.05, 0.1) is 18.4 Å². The fourth-order valence-electron chi connectivity index (χ4n) is 3.35. The van der Waals surface area contributed by atoms with Gasteiger partial charge >= 0.3 is 0 Å². The van der Waals surface area contributed by atoms with E-state index in [1.165, 1.54) is 12.8 Å². The van der Waals surface area contributed by atoms with E-state index in [1.54, 1.807) is 6.20 Å². The van der Waals surface area contributed by atoms with Gasteiger partial charge in [-0.3, -0.25) is 14.5 Å². The van der Waals surface area contributed by atoms with Crippen molar-refractivity contribution in [1.82, 2.24) is 20.0 Å². The molecule has 0 aromatic carbocycles. The molecule has 3 heterocycles. The second-order valence-corrected chi connectivity index (χ2v) is 6.83. The number of aromatic nitrogens is 2.